The number of hydrogen-bond acceptors (Lipinski definition) is 8. The lowest BCUT2D eigenvalue weighted by molar-refractivity contribution is -0.147. The maximum absolute atomic E-state index is 13.2. The van der Waals surface area contributed by atoms with E-state index in [4.69, 9.17) is 22.3 Å². The molecule has 0 saturated carbocycles. The Balaban J connectivity index is 3.00. The van der Waals surface area contributed by atoms with E-state index in [9.17, 15) is 34.2 Å². The van der Waals surface area contributed by atoms with Crippen molar-refractivity contribution in [1.29, 1.82) is 0 Å². The van der Waals surface area contributed by atoms with Gasteiger partial charge in [0, 0.05) is 13.1 Å². The summed E-state index contributed by atoms with van der Waals surface area (Å²) in [5, 5.41) is 32.3. The van der Waals surface area contributed by atoms with Crippen LogP contribution >= 0.6 is 0 Å². The first-order valence-corrected chi connectivity index (χ1v) is 10.7. The number of aliphatic hydroxyl groups excluding tert-OH is 1. The minimum absolute atomic E-state index is 0.0669. The second kappa shape index (κ2) is 13.3. The summed E-state index contributed by atoms with van der Waals surface area (Å²) >= 11 is 0. The molecule has 34 heavy (non-hydrogen) atoms. The number of hydrogen-bond donors (Lipinski definition) is 8. The summed E-state index contributed by atoms with van der Waals surface area (Å²) in [4.78, 5) is 65.4. The highest BCUT2D eigenvalue weighted by atomic mass is 16.4. The number of likely N-dealkylation sites (tertiary alicyclic amines) is 1. The van der Waals surface area contributed by atoms with Gasteiger partial charge in [0.1, 0.15) is 12.1 Å². The Bertz CT molecular complexity index is 800. The van der Waals surface area contributed by atoms with Crippen LogP contribution in [-0.2, 0) is 24.0 Å². The van der Waals surface area contributed by atoms with Crippen molar-refractivity contribution in [2.45, 2.75) is 69.3 Å². The second-order valence-corrected chi connectivity index (χ2v) is 7.97. The highest BCUT2D eigenvalue weighted by Crippen LogP contribution is 2.20. The topological polar surface area (TPSA) is 264 Å². The van der Waals surface area contributed by atoms with Gasteiger partial charge in [-0.2, -0.15) is 0 Å². The van der Waals surface area contributed by atoms with Crippen LogP contribution in [0.15, 0.2) is 4.99 Å². The number of carbonyl (C=O) groups is 5. The lowest BCUT2D eigenvalue weighted by Crippen LogP contribution is -2.58. The summed E-state index contributed by atoms with van der Waals surface area (Å²) < 4.78 is 0. The molecule has 0 aliphatic carbocycles. The predicted octanol–water partition coefficient (Wildman–Crippen LogP) is -3.73. The molecule has 5 unspecified atom stereocenters. The van der Waals surface area contributed by atoms with Crippen molar-refractivity contribution in [2.75, 3.05) is 13.1 Å². The number of carbonyl (C=O) groups excluding carboxylic acids is 3. The number of nitrogens with zero attached hydrogens (tertiary/aromatic N) is 2. The lowest BCUT2D eigenvalue weighted by atomic mass is 10.1. The Kier molecular flexibility index (Phi) is 11.2. The van der Waals surface area contributed by atoms with E-state index in [1.807, 2.05) is 0 Å². The SMILES string of the molecule is CC(O)C(NC(=O)C1CCCN1C(=O)C(CCCN=C(N)N)NC(=O)C(N)CC(=O)O)C(=O)O. The Morgan fingerprint density at radius 1 is 1.15 bits per heavy atom. The van der Waals surface area contributed by atoms with Gasteiger partial charge in [-0.15, -0.1) is 0 Å². The van der Waals surface area contributed by atoms with Crippen molar-refractivity contribution >= 4 is 35.6 Å². The number of nitrogens with two attached hydrogens (primary N) is 3. The van der Waals surface area contributed by atoms with Crippen LogP contribution in [0.2, 0.25) is 0 Å². The first kappa shape index (κ1) is 28.6. The lowest BCUT2D eigenvalue weighted by Gasteiger charge is -2.30. The summed E-state index contributed by atoms with van der Waals surface area (Å²) in [5.74, 6) is -5.12. The fourth-order valence-electron chi connectivity index (χ4n) is 3.46. The van der Waals surface area contributed by atoms with Crippen molar-refractivity contribution in [3.05, 3.63) is 0 Å². The highest BCUT2D eigenvalue weighted by molar-refractivity contribution is 5.95. The van der Waals surface area contributed by atoms with Crippen LogP contribution in [0.3, 0.4) is 0 Å². The van der Waals surface area contributed by atoms with Gasteiger partial charge >= 0.3 is 11.9 Å². The number of carboxylic acids is 2. The average molecular weight is 488 g/mol. The highest BCUT2D eigenvalue weighted by Gasteiger charge is 2.39. The molecule has 11 N–H and O–H groups in total. The number of aliphatic hydroxyl groups is 1. The zero-order valence-electron chi connectivity index (χ0n) is 18.8. The van der Waals surface area contributed by atoms with E-state index in [0.717, 1.165) is 0 Å². The smallest absolute Gasteiger partial charge is 0.328 e. The number of amides is 3. The molecule has 5 atom stereocenters. The quantitative estimate of drug-likeness (QED) is 0.0710. The molecule has 1 aliphatic rings. The molecule has 15 heteroatoms. The molecular weight excluding hydrogens is 454 g/mol. The minimum Gasteiger partial charge on any atom is -0.481 e. The summed E-state index contributed by atoms with van der Waals surface area (Å²) in [6.07, 6.45) is -0.981. The van der Waals surface area contributed by atoms with Gasteiger partial charge in [0.05, 0.1) is 18.6 Å². The third kappa shape index (κ3) is 8.82. The van der Waals surface area contributed by atoms with Gasteiger partial charge in [0.25, 0.3) is 0 Å². The Morgan fingerprint density at radius 3 is 2.32 bits per heavy atom. The van der Waals surface area contributed by atoms with E-state index in [1.54, 1.807) is 0 Å². The minimum atomic E-state index is -1.56. The fraction of sp³-hybridized carbons (Fsp3) is 0.684. The van der Waals surface area contributed by atoms with Crippen LogP contribution in [0.1, 0.15) is 39.0 Å². The van der Waals surface area contributed by atoms with E-state index in [1.165, 1.54) is 11.8 Å². The van der Waals surface area contributed by atoms with Crippen molar-refractivity contribution < 1.29 is 39.3 Å². The number of carboxylic acid groups (broad SMARTS) is 2. The second-order valence-electron chi connectivity index (χ2n) is 7.97. The molecule has 0 spiro atoms. The van der Waals surface area contributed by atoms with Crippen LogP contribution in [0, 0.1) is 0 Å². The molecule has 0 aromatic rings. The number of aliphatic carboxylic acids is 2. The summed E-state index contributed by atoms with van der Waals surface area (Å²) in [6.45, 7) is 1.53. The molecule has 1 saturated heterocycles. The molecule has 1 rings (SSSR count). The van der Waals surface area contributed by atoms with Gasteiger partial charge in [-0.05, 0) is 32.6 Å². The fourth-order valence-corrected chi connectivity index (χ4v) is 3.46. The van der Waals surface area contributed by atoms with E-state index in [2.05, 4.69) is 15.6 Å². The van der Waals surface area contributed by atoms with Crippen LogP contribution < -0.4 is 27.8 Å². The Hall–Kier alpha value is -3.46. The predicted molar refractivity (Wildman–Crippen MR) is 118 cm³/mol. The third-order valence-corrected chi connectivity index (χ3v) is 5.18. The van der Waals surface area contributed by atoms with Crippen molar-refractivity contribution in [3.8, 4) is 0 Å². The molecule has 1 aliphatic heterocycles. The molecule has 0 bridgehead atoms. The zero-order valence-corrected chi connectivity index (χ0v) is 18.8. The van der Waals surface area contributed by atoms with Crippen molar-refractivity contribution in [1.82, 2.24) is 15.5 Å². The first-order valence-electron chi connectivity index (χ1n) is 10.7. The maximum Gasteiger partial charge on any atom is 0.328 e. The molecular formula is C19H33N7O8. The van der Waals surface area contributed by atoms with Crippen molar-refractivity contribution in [3.63, 3.8) is 0 Å². The number of nitrogens with one attached hydrogen (secondary N) is 2. The molecule has 3 amide bonds. The molecule has 1 heterocycles. The molecule has 192 valence electrons. The maximum atomic E-state index is 13.2. The largest absolute Gasteiger partial charge is 0.481 e. The van der Waals surface area contributed by atoms with E-state index < -0.39 is 66.4 Å². The normalized spacial score (nSPS) is 18.8. The third-order valence-electron chi connectivity index (χ3n) is 5.18. The average Bonchev–Trinajstić information content (AvgIpc) is 3.22. The van der Waals surface area contributed by atoms with E-state index in [-0.39, 0.29) is 38.3 Å². The number of aliphatic imine (C=N–C) groups is 1. The molecule has 1 fully saturated rings. The van der Waals surface area contributed by atoms with Crippen LogP contribution in [0.25, 0.3) is 0 Å². The monoisotopic (exact) mass is 487 g/mol. The molecule has 0 aromatic carbocycles. The Morgan fingerprint density at radius 2 is 1.79 bits per heavy atom. The van der Waals surface area contributed by atoms with Gasteiger partial charge in [0.15, 0.2) is 12.0 Å². The molecule has 15 nitrogen and oxygen atoms in total. The van der Waals surface area contributed by atoms with Crippen LogP contribution in [0.4, 0.5) is 0 Å². The Labute approximate surface area is 195 Å². The molecule has 0 aromatic heterocycles. The first-order chi connectivity index (χ1) is 15.8. The number of rotatable bonds is 13. The van der Waals surface area contributed by atoms with E-state index >= 15 is 0 Å². The van der Waals surface area contributed by atoms with Crippen molar-refractivity contribution in [2.24, 2.45) is 22.2 Å². The summed E-state index contributed by atoms with van der Waals surface area (Å²) in [7, 11) is 0. The van der Waals surface area contributed by atoms with Gasteiger partial charge in [-0.25, -0.2) is 4.79 Å². The van der Waals surface area contributed by atoms with Gasteiger partial charge in [-0.1, -0.05) is 0 Å². The summed E-state index contributed by atoms with van der Waals surface area (Å²) in [5.41, 5.74) is 16.1. The van der Waals surface area contributed by atoms with E-state index in [0.29, 0.717) is 6.42 Å². The number of guanidine groups is 1. The molecule has 0 radical (unpaired) electrons. The standard InChI is InChI=1S/C19H33N7O8/c1-9(27)14(18(33)34)25-16(31)12-5-3-7-26(12)17(32)11(4-2-6-23-19(21)22)24-15(30)10(20)8-13(28)29/h9-12,14,27H,2-8,20H2,1H3,(H,24,30)(H,25,31)(H,28,29)(H,33,34)(H4,21,22,23). The van der Waals surface area contributed by atoms with Crippen LogP contribution in [0.5, 0.6) is 0 Å². The summed E-state index contributed by atoms with van der Waals surface area (Å²) in [6, 6.07) is -5.13. The zero-order chi connectivity index (χ0) is 26.0. The van der Waals surface area contributed by atoms with Gasteiger partial charge in [-0.3, -0.25) is 24.2 Å². The van der Waals surface area contributed by atoms with Crippen LogP contribution in [-0.4, -0.2) is 99.2 Å². The van der Waals surface area contributed by atoms with Gasteiger partial charge < -0.3 is 48.1 Å². The van der Waals surface area contributed by atoms with Gasteiger partial charge in [0.2, 0.25) is 17.7 Å².